The molecule has 2 aromatic carbocycles. The van der Waals surface area contributed by atoms with Crippen molar-refractivity contribution < 1.29 is 28.4 Å². The maximum Gasteiger partial charge on any atom is 0.326 e. The number of carbonyl (C=O) groups is 2. The van der Waals surface area contributed by atoms with E-state index in [4.69, 9.17) is 19.9 Å². The zero-order valence-corrected chi connectivity index (χ0v) is 27.0. The van der Waals surface area contributed by atoms with Crippen molar-refractivity contribution in [3.05, 3.63) is 84.4 Å². The minimum absolute atomic E-state index is 0.0419. The molecular formula is C31H40N7O6P. The van der Waals surface area contributed by atoms with Gasteiger partial charge in [-0.3, -0.25) is 14.2 Å². The van der Waals surface area contributed by atoms with E-state index in [1.54, 1.807) is 45.5 Å². The first-order valence-electron chi connectivity index (χ1n) is 14.4. The maximum absolute atomic E-state index is 14.5. The molecular weight excluding hydrogens is 597 g/mol. The lowest BCUT2D eigenvalue weighted by Gasteiger charge is -2.35. The number of imidazole rings is 1. The second kappa shape index (κ2) is 14.3. The first-order chi connectivity index (χ1) is 21.3. The number of rotatable bonds is 15. The second-order valence-electron chi connectivity index (χ2n) is 11.8. The van der Waals surface area contributed by atoms with Gasteiger partial charge in [0.25, 0.3) is 0 Å². The van der Waals surface area contributed by atoms with Crippen molar-refractivity contribution in [3.63, 3.8) is 0 Å². The fourth-order valence-electron chi connectivity index (χ4n) is 4.49. The van der Waals surface area contributed by atoms with E-state index in [-0.39, 0.29) is 25.4 Å². The van der Waals surface area contributed by atoms with Crippen LogP contribution in [0.4, 0.5) is 5.82 Å². The fraction of sp³-hybridized carbons (Fsp3) is 0.387. The first kappa shape index (κ1) is 33.7. The number of nitrogens with zero attached hydrogens (tertiary/aromatic N) is 4. The van der Waals surface area contributed by atoms with Crippen molar-refractivity contribution in [2.45, 2.75) is 71.6 Å². The third kappa shape index (κ3) is 9.18. The molecule has 4 aromatic rings. The molecule has 13 nitrogen and oxygen atoms in total. The van der Waals surface area contributed by atoms with Gasteiger partial charge in [0, 0.05) is 0 Å². The van der Waals surface area contributed by atoms with Crippen LogP contribution >= 0.6 is 7.44 Å². The molecule has 2 aromatic heterocycles. The van der Waals surface area contributed by atoms with Crippen LogP contribution in [0.5, 0.6) is 0 Å². The molecule has 0 spiro atoms. The van der Waals surface area contributed by atoms with Crippen LogP contribution < -0.4 is 15.9 Å². The van der Waals surface area contributed by atoms with E-state index in [0.29, 0.717) is 17.7 Å². The van der Waals surface area contributed by atoms with Crippen LogP contribution in [0.15, 0.2) is 73.3 Å². The normalized spacial score (nSPS) is 13.0. The molecule has 2 heterocycles. The lowest BCUT2D eigenvalue weighted by atomic mass is 10.1. The Morgan fingerprint density at radius 2 is 1.38 bits per heavy atom. The van der Waals surface area contributed by atoms with Crippen molar-refractivity contribution in [2.75, 3.05) is 12.1 Å². The van der Waals surface area contributed by atoms with E-state index in [0.717, 1.165) is 11.1 Å². The van der Waals surface area contributed by atoms with Crippen molar-refractivity contribution in [1.82, 2.24) is 29.7 Å². The molecule has 0 amide bonds. The third-order valence-electron chi connectivity index (χ3n) is 6.79. The van der Waals surface area contributed by atoms with Gasteiger partial charge in [-0.2, -0.15) is 0 Å². The highest BCUT2D eigenvalue weighted by Gasteiger charge is 2.43. The molecule has 0 aliphatic carbocycles. The highest BCUT2D eigenvalue weighted by molar-refractivity contribution is 7.59. The van der Waals surface area contributed by atoms with Gasteiger partial charge in [0.1, 0.15) is 42.5 Å². The number of carbonyl (C=O) groups excluding carboxylic acids is 2. The van der Waals surface area contributed by atoms with Crippen molar-refractivity contribution in [2.24, 2.45) is 0 Å². The van der Waals surface area contributed by atoms with E-state index in [9.17, 15) is 14.2 Å². The van der Waals surface area contributed by atoms with E-state index in [1.165, 1.54) is 6.33 Å². The van der Waals surface area contributed by atoms with Gasteiger partial charge in [-0.15, -0.1) is 0 Å². The Morgan fingerprint density at radius 1 is 0.867 bits per heavy atom. The number of benzene rings is 2. The summed E-state index contributed by atoms with van der Waals surface area (Å²) in [5.41, 5.74) is 5.66. The van der Waals surface area contributed by atoms with Crippen LogP contribution in [-0.2, 0) is 48.1 Å². The Bertz CT molecular complexity index is 1570. The Balaban J connectivity index is 1.48. The number of aromatic nitrogens is 4. The molecule has 4 rings (SSSR count). The Morgan fingerprint density at radius 3 is 1.89 bits per heavy atom. The standard InChI is InChI=1S/C31H40N7O6P/c1-22(16-38-20-35-25-26(32)33-19-34-27(25)38)44-21-45(41,36-30(2,3)28(39)42-17-23-12-8-6-9-13-23)37-31(4,5)29(40)43-18-24-14-10-7-11-15-24/h6-15,19-20,22H,16-18,21H2,1-5H3,(H2,32,33,34)(H2,36,37,41)/t22-/m1/s1. The number of hydrogen-bond acceptors (Lipinski definition) is 10. The fourth-order valence-corrected chi connectivity index (χ4v) is 7.13. The van der Waals surface area contributed by atoms with Gasteiger partial charge in [-0.1, -0.05) is 60.7 Å². The van der Waals surface area contributed by atoms with Crippen LogP contribution in [0.1, 0.15) is 45.7 Å². The molecule has 1 atom stereocenters. The van der Waals surface area contributed by atoms with E-state index in [1.807, 2.05) is 60.7 Å². The number of nitrogen functional groups attached to an aromatic ring is 1. The van der Waals surface area contributed by atoms with Crippen molar-refractivity contribution in [3.8, 4) is 0 Å². The molecule has 0 aliphatic rings. The third-order valence-corrected chi connectivity index (χ3v) is 9.14. The molecule has 14 heteroatoms. The number of ether oxygens (including phenoxy) is 3. The number of nitrogens with two attached hydrogens (primary N) is 1. The van der Waals surface area contributed by atoms with Gasteiger partial charge in [-0.05, 0) is 45.7 Å². The Labute approximate surface area is 262 Å². The van der Waals surface area contributed by atoms with Crippen molar-refractivity contribution in [1.29, 1.82) is 0 Å². The molecule has 0 bridgehead atoms. The minimum Gasteiger partial charge on any atom is -0.459 e. The lowest BCUT2D eigenvalue weighted by molar-refractivity contribution is -0.151. The molecule has 4 N–H and O–H groups in total. The molecule has 0 saturated heterocycles. The predicted molar refractivity (Wildman–Crippen MR) is 170 cm³/mol. The summed E-state index contributed by atoms with van der Waals surface area (Å²) < 4.78 is 33.4. The van der Waals surface area contributed by atoms with Gasteiger partial charge in [0.15, 0.2) is 11.5 Å². The highest BCUT2D eigenvalue weighted by atomic mass is 31.2. The summed E-state index contributed by atoms with van der Waals surface area (Å²) in [4.78, 5) is 38.8. The van der Waals surface area contributed by atoms with Gasteiger partial charge in [0.05, 0.1) is 19.0 Å². The van der Waals surface area contributed by atoms with Gasteiger partial charge in [-0.25, -0.2) is 25.1 Å². The summed E-state index contributed by atoms with van der Waals surface area (Å²) in [6.07, 6.45) is 2.06. The summed E-state index contributed by atoms with van der Waals surface area (Å²) >= 11 is 0. The van der Waals surface area contributed by atoms with Crippen LogP contribution in [0.2, 0.25) is 0 Å². The summed E-state index contributed by atoms with van der Waals surface area (Å²) in [5, 5.41) is 5.85. The van der Waals surface area contributed by atoms with E-state index >= 15 is 0 Å². The van der Waals surface area contributed by atoms with Crippen molar-refractivity contribution >= 4 is 36.4 Å². The number of nitrogens with one attached hydrogen (secondary N) is 2. The monoisotopic (exact) mass is 637 g/mol. The van der Waals surface area contributed by atoms with Gasteiger partial charge < -0.3 is 24.5 Å². The minimum atomic E-state index is -3.86. The summed E-state index contributed by atoms with van der Waals surface area (Å²) in [6.45, 7) is 8.40. The average molecular weight is 638 g/mol. The van der Waals surface area contributed by atoms with Crippen LogP contribution in [0.3, 0.4) is 0 Å². The second-order valence-corrected chi connectivity index (χ2v) is 14.0. The number of anilines is 1. The van der Waals surface area contributed by atoms with Crippen LogP contribution in [0.25, 0.3) is 11.2 Å². The van der Waals surface area contributed by atoms with E-state index < -0.39 is 36.6 Å². The largest absolute Gasteiger partial charge is 0.459 e. The van der Waals surface area contributed by atoms with Crippen LogP contribution in [-0.4, -0.2) is 55.0 Å². The zero-order valence-electron chi connectivity index (χ0n) is 26.1. The Kier molecular flexibility index (Phi) is 10.7. The molecule has 240 valence electrons. The molecule has 0 saturated carbocycles. The summed E-state index contributed by atoms with van der Waals surface area (Å²) in [6, 6.07) is 18.5. The average Bonchev–Trinajstić information content (AvgIpc) is 3.41. The smallest absolute Gasteiger partial charge is 0.326 e. The maximum atomic E-state index is 14.5. The summed E-state index contributed by atoms with van der Waals surface area (Å²) in [5.74, 6) is -1.01. The summed E-state index contributed by atoms with van der Waals surface area (Å²) in [7, 11) is -3.86. The number of hydrogen-bond donors (Lipinski definition) is 3. The zero-order chi connectivity index (χ0) is 32.7. The first-order valence-corrected chi connectivity index (χ1v) is 16.3. The van der Waals surface area contributed by atoms with Gasteiger partial charge >= 0.3 is 11.9 Å². The van der Waals surface area contributed by atoms with E-state index in [2.05, 4.69) is 25.1 Å². The molecule has 0 aliphatic heterocycles. The quantitative estimate of drug-likeness (QED) is 0.126. The Hall–Kier alpha value is -4.16. The molecule has 45 heavy (non-hydrogen) atoms. The molecule has 0 radical (unpaired) electrons. The SMILES string of the molecule is C[C@H](Cn1cnc2c(N)ncnc21)OCP(=O)(NC(C)(C)C(=O)OCc1ccccc1)NC(C)(C)C(=O)OCc1ccccc1. The van der Waals surface area contributed by atoms with Crippen LogP contribution in [0, 0.1) is 0 Å². The number of esters is 2. The lowest BCUT2D eigenvalue weighted by Crippen LogP contribution is -2.54. The molecule has 0 unspecified atom stereocenters. The molecule has 0 fully saturated rings. The topological polar surface area (TPSA) is 173 Å². The van der Waals surface area contributed by atoms with Gasteiger partial charge in [0.2, 0.25) is 7.44 Å². The number of fused-ring (bicyclic) bond motifs is 1. The highest BCUT2D eigenvalue weighted by Crippen LogP contribution is 2.42. The predicted octanol–water partition coefficient (Wildman–Crippen LogP) is 4.19.